The third kappa shape index (κ3) is 2.31. The number of piperazine rings is 1. The summed E-state index contributed by atoms with van der Waals surface area (Å²) in [4.78, 5) is 25.4. The van der Waals surface area contributed by atoms with Gasteiger partial charge in [-0.05, 0) is 24.5 Å². The van der Waals surface area contributed by atoms with Gasteiger partial charge in [-0.25, -0.2) is 0 Å². The Kier molecular flexibility index (Phi) is 3.68. The summed E-state index contributed by atoms with van der Waals surface area (Å²) in [5, 5.41) is 2.59. The molecule has 3 rings (SSSR count). The number of rotatable bonds is 3. The van der Waals surface area contributed by atoms with Crippen LogP contribution in [-0.2, 0) is 15.0 Å². The topological polar surface area (TPSA) is 75.4 Å². The van der Waals surface area contributed by atoms with Crippen LogP contribution in [0.25, 0.3) is 0 Å². The van der Waals surface area contributed by atoms with E-state index >= 15 is 0 Å². The molecule has 3 N–H and O–H groups in total. The molecule has 1 aliphatic heterocycles. The second-order valence-corrected chi connectivity index (χ2v) is 5.92. The van der Waals surface area contributed by atoms with Crippen molar-refractivity contribution in [2.75, 3.05) is 24.5 Å². The molecule has 1 saturated heterocycles. The van der Waals surface area contributed by atoms with Crippen molar-refractivity contribution in [3.05, 3.63) is 29.8 Å². The Morgan fingerprint density at radius 1 is 1.19 bits per heavy atom. The van der Waals surface area contributed by atoms with Gasteiger partial charge in [0.25, 0.3) is 0 Å². The first-order chi connectivity index (χ1) is 10.2. The number of hydrogen-bond donors (Lipinski definition) is 2. The van der Waals surface area contributed by atoms with Crippen LogP contribution >= 0.6 is 0 Å². The van der Waals surface area contributed by atoms with E-state index in [1.807, 2.05) is 18.2 Å². The van der Waals surface area contributed by atoms with E-state index in [1.165, 1.54) is 12.8 Å². The van der Waals surface area contributed by atoms with Gasteiger partial charge >= 0.3 is 11.8 Å². The second-order valence-electron chi connectivity index (χ2n) is 5.92. The molecule has 2 fully saturated rings. The number of carbonyl (C=O) groups excluding carboxylic acids is 2. The first-order valence-electron chi connectivity index (χ1n) is 7.57. The van der Waals surface area contributed by atoms with Gasteiger partial charge in [0.1, 0.15) is 0 Å². The predicted octanol–water partition coefficient (Wildman–Crippen LogP) is 0.920. The van der Waals surface area contributed by atoms with Gasteiger partial charge in [-0.3, -0.25) is 9.59 Å². The molecule has 0 aromatic heterocycles. The van der Waals surface area contributed by atoms with Crippen LogP contribution < -0.4 is 16.0 Å². The number of anilines is 1. The van der Waals surface area contributed by atoms with Crippen molar-refractivity contribution in [1.82, 2.24) is 5.32 Å². The standard InChI is InChI=1S/C16H21N3O2/c17-11-16(7-3-4-8-16)12-5-1-2-6-13(12)19-10-9-18-14(20)15(19)21/h1-2,5-6H,3-4,7-11,17H2,(H,18,20). The van der Waals surface area contributed by atoms with Crippen LogP contribution in [0.3, 0.4) is 0 Å². The summed E-state index contributed by atoms with van der Waals surface area (Å²) >= 11 is 0. The second kappa shape index (κ2) is 5.48. The molecule has 5 nitrogen and oxygen atoms in total. The number of nitrogens with two attached hydrogens (primary N) is 1. The van der Waals surface area contributed by atoms with Crippen molar-refractivity contribution in [3.8, 4) is 0 Å². The molecule has 0 atom stereocenters. The van der Waals surface area contributed by atoms with Crippen LogP contribution in [0.4, 0.5) is 5.69 Å². The van der Waals surface area contributed by atoms with Crippen molar-refractivity contribution in [3.63, 3.8) is 0 Å². The summed E-state index contributed by atoms with van der Waals surface area (Å²) < 4.78 is 0. The zero-order valence-corrected chi connectivity index (χ0v) is 12.1. The van der Waals surface area contributed by atoms with E-state index in [-0.39, 0.29) is 5.41 Å². The predicted molar refractivity (Wildman–Crippen MR) is 81.0 cm³/mol. The molecule has 1 aromatic rings. The normalized spacial score (nSPS) is 21.5. The third-order valence-corrected chi connectivity index (χ3v) is 4.78. The van der Waals surface area contributed by atoms with E-state index in [4.69, 9.17) is 5.73 Å². The van der Waals surface area contributed by atoms with E-state index in [1.54, 1.807) is 4.90 Å². The van der Waals surface area contributed by atoms with Crippen LogP contribution in [-0.4, -0.2) is 31.4 Å². The molecular weight excluding hydrogens is 266 g/mol. The number of para-hydroxylation sites is 1. The Hall–Kier alpha value is -1.88. The molecule has 1 saturated carbocycles. The number of nitrogens with one attached hydrogen (secondary N) is 1. The highest BCUT2D eigenvalue weighted by Gasteiger charge is 2.38. The molecule has 0 radical (unpaired) electrons. The van der Waals surface area contributed by atoms with E-state index in [2.05, 4.69) is 11.4 Å². The summed E-state index contributed by atoms with van der Waals surface area (Å²) in [6.45, 7) is 1.59. The van der Waals surface area contributed by atoms with Crippen molar-refractivity contribution in [1.29, 1.82) is 0 Å². The first kappa shape index (κ1) is 14.1. The van der Waals surface area contributed by atoms with Crippen molar-refractivity contribution in [2.45, 2.75) is 31.1 Å². The summed E-state index contributed by atoms with van der Waals surface area (Å²) in [7, 11) is 0. The zero-order chi connectivity index (χ0) is 14.9. The van der Waals surface area contributed by atoms with Gasteiger partial charge in [0.15, 0.2) is 0 Å². The van der Waals surface area contributed by atoms with Gasteiger partial charge in [0.05, 0.1) is 0 Å². The molecular formula is C16H21N3O2. The Balaban J connectivity index is 2.03. The SMILES string of the molecule is NCC1(c2ccccc2N2CCNC(=O)C2=O)CCCC1. The zero-order valence-electron chi connectivity index (χ0n) is 12.1. The fourth-order valence-corrected chi connectivity index (χ4v) is 3.60. The molecule has 5 heteroatoms. The molecule has 1 heterocycles. The van der Waals surface area contributed by atoms with E-state index in [9.17, 15) is 9.59 Å². The lowest BCUT2D eigenvalue weighted by atomic mass is 9.78. The highest BCUT2D eigenvalue weighted by molar-refractivity contribution is 6.41. The van der Waals surface area contributed by atoms with Gasteiger partial charge < -0.3 is 16.0 Å². The molecule has 1 aliphatic carbocycles. The lowest BCUT2D eigenvalue weighted by molar-refractivity contribution is -0.138. The van der Waals surface area contributed by atoms with Gasteiger partial charge in [0, 0.05) is 30.7 Å². The summed E-state index contributed by atoms with van der Waals surface area (Å²) in [5.41, 5.74) is 8.00. The Morgan fingerprint density at radius 3 is 2.62 bits per heavy atom. The maximum Gasteiger partial charge on any atom is 0.316 e. The number of hydrogen-bond acceptors (Lipinski definition) is 3. The fraction of sp³-hybridized carbons (Fsp3) is 0.500. The highest BCUT2D eigenvalue weighted by Crippen LogP contribution is 2.44. The van der Waals surface area contributed by atoms with Crippen LogP contribution in [0, 0.1) is 0 Å². The highest BCUT2D eigenvalue weighted by atomic mass is 16.2. The van der Waals surface area contributed by atoms with Crippen molar-refractivity contribution in [2.24, 2.45) is 5.73 Å². The largest absolute Gasteiger partial charge is 0.346 e. The van der Waals surface area contributed by atoms with Gasteiger partial charge in [-0.2, -0.15) is 0 Å². The lowest BCUT2D eigenvalue weighted by Gasteiger charge is -2.35. The summed E-state index contributed by atoms with van der Waals surface area (Å²) in [5.74, 6) is -0.997. The molecule has 2 amide bonds. The average Bonchev–Trinajstić information content (AvgIpc) is 3.00. The first-order valence-corrected chi connectivity index (χ1v) is 7.57. The maximum absolute atomic E-state index is 12.2. The molecule has 2 aliphatic rings. The van der Waals surface area contributed by atoms with Crippen molar-refractivity contribution >= 4 is 17.5 Å². The number of amides is 2. The number of carbonyl (C=O) groups is 2. The molecule has 1 aromatic carbocycles. The van der Waals surface area contributed by atoms with Crippen molar-refractivity contribution < 1.29 is 9.59 Å². The molecule has 112 valence electrons. The molecule has 0 unspecified atom stereocenters. The molecule has 21 heavy (non-hydrogen) atoms. The number of benzene rings is 1. The summed E-state index contributed by atoms with van der Waals surface area (Å²) in [6, 6.07) is 7.90. The Labute approximate surface area is 124 Å². The van der Waals surface area contributed by atoms with Crippen LogP contribution in [0.2, 0.25) is 0 Å². The van der Waals surface area contributed by atoms with E-state index < -0.39 is 11.8 Å². The van der Waals surface area contributed by atoms with Gasteiger partial charge in [0.2, 0.25) is 0 Å². The lowest BCUT2D eigenvalue weighted by Crippen LogP contribution is -2.53. The average molecular weight is 287 g/mol. The van der Waals surface area contributed by atoms with E-state index in [0.717, 1.165) is 24.1 Å². The van der Waals surface area contributed by atoms with Crippen LogP contribution in [0.1, 0.15) is 31.2 Å². The Bertz CT molecular complexity index is 564. The quantitative estimate of drug-likeness (QED) is 0.812. The number of nitrogens with zero attached hydrogens (tertiary/aromatic N) is 1. The van der Waals surface area contributed by atoms with Crippen LogP contribution in [0.15, 0.2) is 24.3 Å². The van der Waals surface area contributed by atoms with Crippen LogP contribution in [0.5, 0.6) is 0 Å². The molecule has 0 bridgehead atoms. The van der Waals surface area contributed by atoms with Gasteiger partial charge in [-0.15, -0.1) is 0 Å². The Morgan fingerprint density at radius 2 is 1.90 bits per heavy atom. The minimum atomic E-state index is -0.524. The third-order valence-electron chi connectivity index (χ3n) is 4.78. The van der Waals surface area contributed by atoms with Gasteiger partial charge in [-0.1, -0.05) is 31.0 Å². The smallest absolute Gasteiger partial charge is 0.316 e. The molecule has 0 spiro atoms. The monoisotopic (exact) mass is 287 g/mol. The fourth-order valence-electron chi connectivity index (χ4n) is 3.60. The summed E-state index contributed by atoms with van der Waals surface area (Å²) in [6.07, 6.45) is 4.43. The minimum absolute atomic E-state index is 0.0508. The minimum Gasteiger partial charge on any atom is -0.346 e. The maximum atomic E-state index is 12.2. The van der Waals surface area contributed by atoms with E-state index in [0.29, 0.717) is 19.6 Å².